The van der Waals surface area contributed by atoms with Crippen molar-refractivity contribution in [1.82, 2.24) is 15.0 Å². The van der Waals surface area contributed by atoms with E-state index in [0.717, 1.165) is 15.8 Å². The number of nitrogens with one attached hydrogen (secondary N) is 1. The zero-order chi connectivity index (χ0) is 17.4. The molecule has 2 aromatic rings. The van der Waals surface area contributed by atoms with Gasteiger partial charge in [-0.05, 0) is 17.7 Å². The van der Waals surface area contributed by atoms with Crippen LogP contribution in [0.15, 0.2) is 35.3 Å². The molecule has 2 heterocycles. The van der Waals surface area contributed by atoms with Crippen LogP contribution in [-0.4, -0.2) is 31.7 Å². The normalized spacial score (nSPS) is 13.7. The van der Waals surface area contributed by atoms with Crippen molar-refractivity contribution in [1.29, 1.82) is 0 Å². The summed E-state index contributed by atoms with van der Waals surface area (Å²) in [6, 6.07) is 5.50. The summed E-state index contributed by atoms with van der Waals surface area (Å²) in [5, 5.41) is 20.1. The molecule has 8 nitrogen and oxygen atoms in total. The first-order chi connectivity index (χ1) is 11.4. The van der Waals surface area contributed by atoms with Gasteiger partial charge in [-0.15, -0.1) is 0 Å². The number of benzene rings is 1. The number of hydrogen-bond acceptors (Lipinski definition) is 5. The summed E-state index contributed by atoms with van der Waals surface area (Å²) >= 11 is 0. The van der Waals surface area contributed by atoms with Gasteiger partial charge in [0.1, 0.15) is 11.4 Å². The number of aromatic hydroxyl groups is 1. The minimum Gasteiger partial charge on any atom is -0.503 e. The molecule has 124 valence electrons. The number of fused-ring (bicyclic) bond motifs is 1. The lowest BCUT2D eigenvalue weighted by Crippen LogP contribution is -2.49. The molecule has 0 saturated heterocycles. The number of nitrogens with zero attached hydrogens (tertiary/aromatic N) is 2. The molecule has 0 spiro atoms. The van der Waals surface area contributed by atoms with Crippen molar-refractivity contribution < 1.29 is 24.2 Å². The minimum atomic E-state index is -1.49. The van der Waals surface area contributed by atoms with Crippen molar-refractivity contribution in [3.05, 3.63) is 63.3 Å². The first-order valence-electron chi connectivity index (χ1n) is 6.88. The highest BCUT2D eigenvalue weighted by atomic mass is 19.1. The lowest BCUT2D eigenvalue weighted by atomic mass is 10.1. The van der Waals surface area contributed by atoms with Crippen molar-refractivity contribution in [2.24, 2.45) is 0 Å². The molecule has 1 amide bonds. The number of pyridine rings is 1. The Morgan fingerprint density at radius 2 is 1.92 bits per heavy atom. The highest BCUT2D eigenvalue weighted by Gasteiger charge is 2.30. The third kappa shape index (κ3) is 2.61. The number of aromatic nitrogens is 1. The van der Waals surface area contributed by atoms with Gasteiger partial charge in [0.15, 0.2) is 11.4 Å². The molecule has 0 atom stereocenters. The van der Waals surface area contributed by atoms with Gasteiger partial charge in [0.25, 0.3) is 5.91 Å². The predicted octanol–water partition coefficient (Wildman–Crippen LogP) is 0.509. The van der Waals surface area contributed by atoms with E-state index in [1.807, 2.05) is 0 Å². The monoisotopic (exact) mass is 333 g/mol. The summed E-state index contributed by atoms with van der Waals surface area (Å²) in [6.45, 7) is 0.0593. The molecule has 1 aromatic heterocycles. The summed E-state index contributed by atoms with van der Waals surface area (Å²) in [5.74, 6) is -3.51. The van der Waals surface area contributed by atoms with E-state index in [0.29, 0.717) is 5.56 Å². The number of amides is 1. The predicted molar refractivity (Wildman–Crippen MR) is 78.7 cm³/mol. The van der Waals surface area contributed by atoms with Crippen molar-refractivity contribution in [2.45, 2.75) is 13.2 Å². The average molecular weight is 333 g/mol. The lowest BCUT2D eigenvalue weighted by molar-refractivity contribution is 0.0523. The van der Waals surface area contributed by atoms with E-state index in [-0.39, 0.29) is 18.9 Å². The van der Waals surface area contributed by atoms with Gasteiger partial charge >= 0.3 is 5.97 Å². The molecule has 0 radical (unpaired) electrons. The second-order valence-corrected chi connectivity index (χ2v) is 5.18. The number of halogens is 1. The molecule has 1 aliphatic heterocycles. The first kappa shape index (κ1) is 15.7. The Morgan fingerprint density at radius 3 is 2.54 bits per heavy atom. The molecule has 3 N–H and O–H groups in total. The topological polar surface area (TPSA) is 112 Å². The van der Waals surface area contributed by atoms with Gasteiger partial charge in [-0.3, -0.25) is 14.6 Å². The molecule has 3 rings (SSSR count). The molecule has 0 bridgehead atoms. The van der Waals surface area contributed by atoms with Crippen LogP contribution in [0.5, 0.6) is 5.75 Å². The van der Waals surface area contributed by atoms with E-state index in [1.54, 1.807) is 0 Å². The van der Waals surface area contributed by atoms with Crippen molar-refractivity contribution in [3.8, 4) is 5.75 Å². The Hall–Kier alpha value is -3.20. The van der Waals surface area contributed by atoms with Gasteiger partial charge in [0.05, 0.1) is 13.2 Å². The van der Waals surface area contributed by atoms with Crippen LogP contribution in [0.2, 0.25) is 0 Å². The number of hydrazine groups is 1. The molecule has 0 unspecified atom stereocenters. The van der Waals surface area contributed by atoms with Gasteiger partial charge in [0.2, 0.25) is 5.43 Å². The van der Waals surface area contributed by atoms with Gasteiger partial charge in [-0.1, -0.05) is 12.1 Å². The molecular weight excluding hydrogens is 321 g/mol. The van der Waals surface area contributed by atoms with Crippen LogP contribution in [0, 0.1) is 5.82 Å². The average Bonchev–Trinajstić information content (AvgIpc) is 2.54. The van der Waals surface area contributed by atoms with Crippen LogP contribution in [-0.2, 0) is 13.2 Å². The Morgan fingerprint density at radius 1 is 1.25 bits per heavy atom. The number of rotatable bonds is 3. The van der Waals surface area contributed by atoms with Gasteiger partial charge in [-0.2, -0.15) is 0 Å². The lowest BCUT2D eigenvalue weighted by Gasteiger charge is -2.31. The summed E-state index contributed by atoms with van der Waals surface area (Å²) in [5.41, 5.74) is 1.34. The molecule has 1 aliphatic rings. The summed E-state index contributed by atoms with van der Waals surface area (Å²) in [4.78, 5) is 35.3. The van der Waals surface area contributed by atoms with Crippen LogP contribution in [0.25, 0.3) is 0 Å². The molecule has 0 aliphatic carbocycles. The standard InChI is InChI=1S/C15H12FN3O5/c16-9-3-1-8(2-4-9)5-19-14(22)11-13(21)12(20)10(15(23)24)6-18(11)7-17-19/h1-4,6,17,21H,5,7H2,(H,23,24). The molecule has 1 aromatic carbocycles. The second-order valence-electron chi connectivity index (χ2n) is 5.18. The third-order valence-electron chi connectivity index (χ3n) is 3.62. The molecule has 0 saturated carbocycles. The van der Waals surface area contributed by atoms with Crippen LogP contribution < -0.4 is 10.9 Å². The second kappa shape index (κ2) is 5.78. The highest BCUT2D eigenvalue weighted by molar-refractivity contribution is 5.97. The summed E-state index contributed by atoms with van der Waals surface area (Å²) in [7, 11) is 0. The molecular formula is C15H12FN3O5. The van der Waals surface area contributed by atoms with Crippen LogP contribution in [0.1, 0.15) is 26.4 Å². The van der Waals surface area contributed by atoms with Gasteiger partial charge < -0.3 is 14.8 Å². The van der Waals surface area contributed by atoms with E-state index in [2.05, 4.69) is 5.43 Å². The van der Waals surface area contributed by atoms with Crippen LogP contribution >= 0.6 is 0 Å². The quantitative estimate of drug-likeness (QED) is 0.754. The van der Waals surface area contributed by atoms with Crippen molar-refractivity contribution in [3.63, 3.8) is 0 Å². The maximum Gasteiger partial charge on any atom is 0.341 e. The Balaban J connectivity index is 1.95. The van der Waals surface area contributed by atoms with Crippen molar-refractivity contribution in [2.75, 3.05) is 0 Å². The SMILES string of the molecule is O=C(O)c1cn2c(c(O)c1=O)C(=O)N(Cc1ccc(F)cc1)NC2. The minimum absolute atomic E-state index is 0.0175. The van der Waals surface area contributed by atoms with Gasteiger partial charge in [-0.25, -0.2) is 14.6 Å². The van der Waals surface area contributed by atoms with E-state index < -0.39 is 34.4 Å². The smallest absolute Gasteiger partial charge is 0.341 e. The fourth-order valence-electron chi connectivity index (χ4n) is 2.41. The third-order valence-corrected chi connectivity index (χ3v) is 3.62. The Labute approximate surface area is 134 Å². The maximum absolute atomic E-state index is 12.9. The number of carbonyl (C=O) groups is 2. The number of hydrogen-bond donors (Lipinski definition) is 3. The number of carbonyl (C=O) groups excluding carboxylic acids is 1. The van der Waals surface area contributed by atoms with E-state index in [1.165, 1.54) is 24.3 Å². The Kier molecular flexibility index (Phi) is 3.78. The van der Waals surface area contributed by atoms with E-state index in [4.69, 9.17) is 5.11 Å². The zero-order valence-electron chi connectivity index (χ0n) is 12.2. The number of carboxylic acid groups (broad SMARTS) is 1. The Bertz CT molecular complexity index is 891. The fourth-order valence-corrected chi connectivity index (χ4v) is 2.41. The fraction of sp³-hybridized carbons (Fsp3) is 0.133. The van der Waals surface area contributed by atoms with Crippen LogP contribution in [0.4, 0.5) is 4.39 Å². The molecule has 0 fully saturated rings. The zero-order valence-corrected chi connectivity index (χ0v) is 12.2. The van der Waals surface area contributed by atoms with Crippen LogP contribution in [0.3, 0.4) is 0 Å². The molecule has 9 heteroatoms. The summed E-state index contributed by atoms with van der Waals surface area (Å²) < 4.78 is 14.1. The largest absolute Gasteiger partial charge is 0.503 e. The summed E-state index contributed by atoms with van der Waals surface area (Å²) in [6.07, 6.45) is 1.000. The van der Waals surface area contributed by atoms with Gasteiger partial charge in [0, 0.05) is 6.20 Å². The number of aromatic carboxylic acids is 1. The number of carboxylic acids is 1. The maximum atomic E-state index is 12.9. The van der Waals surface area contributed by atoms with E-state index in [9.17, 15) is 23.9 Å². The van der Waals surface area contributed by atoms with Crippen molar-refractivity contribution >= 4 is 11.9 Å². The first-order valence-corrected chi connectivity index (χ1v) is 6.88. The molecule has 24 heavy (non-hydrogen) atoms. The highest BCUT2D eigenvalue weighted by Crippen LogP contribution is 2.20. The van der Waals surface area contributed by atoms with E-state index >= 15 is 0 Å².